The quantitative estimate of drug-likeness (QED) is 0.479. The van der Waals surface area contributed by atoms with E-state index in [0.29, 0.717) is 0 Å². The zero-order valence-electron chi connectivity index (χ0n) is 9.76. The van der Waals surface area contributed by atoms with Crippen molar-refractivity contribution in [2.24, 2.45) is 11.3 Å². The highest BCUT2D eigenvalue weighted by molar-refractivity contribution is 5.58. The number of halogens is 6. The topological polar surface area (TPSA) is 46.5 Å². The molecule has 0 radical (unpaired) electrons. The molecule has 0 aliphatic heterocycles. The minimum atomic E-state index is -5.55. The summed E-state index contributed by atoms with van der Waals surface area (Å²) in [5.74, 6) is -1.26. The highest BCUT2D eigenvalue weighted by atomic mass is 19.4. The van der Waals surface area contributed by atoms with Crippen molar-refractivity contribution in [3.05, 3.63) is 11.6 Å². The molecule has 0 heterocycles. The number of rotatable bonds is 2. The van der Waals surface area contributed by atoms with Crippen molar-refractivity contribution < 1.29 is 41.0 Å². The van der Waals surface area contributed by atoms with Crippen LogP contribution in [0.25, 0.3) is 0 Å². The Balaban J connectivity index is 3.03. The molecule has 0 amide bonds. The SMILES string of the molecule is CC1(C)C(C=C(C(F)(F)F)C(F)(F)F)C1OC(=O)O. The van der Waals surface area contributed by atoms with E-state index >= 15 is 0 Å². The lowest BCUT2D eigenvalue weighted by Gasteiger charge is -2.15. The molecule has 1 fully saturated rings. The minimum Gasteiger partial charge on any atom is -0.450 e. The van der Waals surface area contributed by atoms with Crippen molar-refractivity contribution in [1.82, 2.24) is 0 Å². The van der Waals surface area contributed by atoms with Crippen LogP contribution < -0.4 is 0 Å². The van der Waals surface area contributed by atoms with Crippen LogP contribution >= 0.6 is 0 Å². The minimum absolute atomic E-state index is 0.00634. The maximum Gasteiger partial charge on any atom is 0.506 e. The Bertz CT molecular complexity index is 390. The lowest BCUT2D eigenvalue weighted by molar-refractivity contribution is -0.172. The fourth-order valence-corrected chi connectivity index (χ4v) is 1.79. The zero-order chi connectivity index (χ0) is 15.2. The molecule has 0 spiro atoms. The first-order valence-electron chi connectivity index (χ1n) is 5.03. The number of alkyl halides is 6. The number of ether oxygens (including phenoxy) is 1. The van der Waals surface area contributed by atoms with Crippen LogP contribution in [0.1, 0.15) is 13.8 Å². The van der Waals surface area contributed by atoms with E-state index in [1.807, 2.05) is 0 Å². The van der Waals surface area contributed by atoms with E-state index in [1.165, 1.54) is 13.8 Å². The van der Waals surface area contributed by atoms with E-state index in [0.717, 1.165) is 0 Å². The molecule has 2 unspecified atom stereocenters. The summed E-state index contributed by atoms with van der Waals surface area (Å²) in [5.41, 5.74) is -3.74. The van der Waals surface area contributed by atoms with Crippen molar-refractivity contribution >= 4 is 6.16 Å². The molecule has 19 heavy (non-hydrogen) atoms. The second kappa shape index (κ2) is 4.31. The van der Waals surface area contributed by atoms with Gasteiger partial charge >= 0.3 is 18.5 Å². The van der Waals surface area contributed by atoms with Gasteiger partial charge in [-0.25, -0.2) is 4.79 Å². The van der Waals surface area contributed by atoms with Gasteiger partial charge < -0.3 is 9.84 Å². The molecule has 110 valence electrons. The summed E-state index contributed by atoms with van der Waals surface area (Å²) in [5, 5.41) is 8.34. The number of hydrogen-bond donors (Lipinski definition) is 1. The Morgan fingerprint density at radius 3 is 1.89 bits per heavy atom. The first-order valence-corrected chi connectivity index (χ1v) is 5.03. The van der Waals surface area contributed by atoms with Gasteiger partial charge in [-0.2, -0.15) is 26.3 Å². The zero-order valence-corrected chi connectivity index (χ0v) is 9.76. The smallest absolute Gasteiger partial charge is 0.450 e. The molecule has 3 nitrogen and oxygen atoms in total. The van der Waals surface area contributed by atoms with Gasteiger partial charge in [0, 0.05) is 11.3 Å². The molecule has 2 atom stereocenters. The van der Waals surface area contributed by atoms with Gasteiger partial charge in [-0.1, -0.05) is 19.9 Å². The van der Waals surface area contributed by atoms with Crippen LogP contribution in [0, 0.1) is 11.3 Å². The van der Waals surface area contributed by atoms with E-state index < -0.39 is 41.5 Å². The van der Waals surface area contributed by atoms with E-state index in [9.17, 15) is 31.1 Å². The molecule has 1 N–H and O–H groups in total. The van der Waals surface area contributed by atoms with Crippen LogP contribution in [0.4, 0.5) is 31.1 Å². The second-order valence-corrected chi connectivity index (χ2v) is 4.73. The molecule has 1 aliphatic carbocycles. The number of carbonyl (C=O) groups is 1. The van der Waals surface area contributed by atoms with Crippen molar-refractivity contribution in [3.63, 3.8) is 0 Å². The van der Waals surface area contributed by atoms with Gasteiger partial charge in [0.1, 0.15) is 11.7 Å². The average Bonchev–Trinajstić information content (AvgIpc) is 2.58. The van der Waals surface area contributed by atoms with Gasteiger partial charge in [0.15, 0.2) is 0 Å². The fourth-order valence-electron chi connectivity index (χ4n) is 1.79. The molecular formula is C10H10F6O3. The Kier molecular flexibility index (Phi) is 3.55. The van der Waals surface area contributed by atoms with Crippen LogP contribution in [-0.4, -0.2) is 29.7 Å². The van der Waals surface area contributed by atoms with E-state index in [4.69, 9.17) is 5.11 Å². The Morgan fingerprint density at radius 2 is 1.58 bits per heavy atom. The fraction of sp³-hybridized carbons (Fsp3) is 0.700. The molecule has 0 bridgehead atoms. The molecule has 1 aliphatic rings. The molecule has 0 aromatic carbocycles. The van der Waals surface area contributed by atoms with Crippen molar-refractivity contribution in [3.8, 4) is 0 Å². The largest absolute Gasteiger partial charge is 0.506 e. The maximum atomic E-state index is 12.3. The second-order valence-electron chi connectivity index (χ2n) is 4.73. The van der Waals surface area contributed by atoms with Gasteiger partial charge in [-0.15, -0.1) is 0 Å². The van der Waals surface area contributed by atoms with Crippen LogP contribution in [0.3, 0.4) is 0 Å². The molecular weight excluding hydrogens is 282 g/mol. The average molecular weight is 292 g/mol. The summed E-state index contributed by atoms with van der Waals surface area (Å²) >= 11 is 0. The van der Waals surface area contributed by atoms with Crippen molar-refractivity contribution in [2.45, 2.75) is 32.3 Å². The van der Waals surface area contributed by atoms with Crippen LogP contribution in [0.15, 0.2) is 11.6 Å². The lowest BCUT2D eigenvalue weighted by Crippen LogP contribution is -2.26. The van der Waals surface area contributed by atoms with Gasteiger partial charge in [-0.3, -0.25) is 0 Å². The first-order chi connectivity index (χ1) is 8.28. The van der Waals surface area contributed by atoms with Crippen LogP contribution in [0.5, 0.6) is 0 Å². The molecule has 0 aromatic heterocycles. The Morgan fingerprint density at radius 1 is 1.16 bits per heavy atom. The number of allylic oxidation sites excluding steroid dienone is 1. The summed E-state index contributed by atoms with van der Waals surface area (Å²) in [7, 11) is 0. The van der Waals surface area contributed by atoms with Gasteiger partial charge in [0.25, 0.3) is 0 Å². The van der Waals surface area contributed by atoms with Gasteiger partial charge in [0.05, 0.1) is 0 Å². The maximum absolute atomic E-state index is 12.3. The predicted molar refractivity (Wildman–Crippen MR) is 50.4 cm³/mol. The molecule has 0 saturated heterocycles. The Labute approximate surface area is 103 Å². The van der Waals surface area contributed by atoms with Gasteiger partial charge in [-0.05, 0) is 0 Å². The molecule has 9 heteroatoms. The lowest BCUT2D eigenvalue weighted by atomic mass is 10.1. The highest BCUT2D eigenvalue weighted by Gasteiger charge is 2.62. The Hall–Kier alpha value is -1.41. The summed E-state index contributed by atoms with van der Waals surface area (Å²) in [6, 6.07) is 0. The normalized spacial score (nSPS) is 25.7. The van der Waals surface area contributed by atoms with E-state index in [2.05, 4.69) is 4.74 Å². The van der Waals surface area contributed by atoms with E-state index in [-0.39, 0.29) is 6.08 Å². The summed E-state index contributed by atoms with van der Waals surface area (Å²) < 4.78 is 78.1. The molecule has 1 rings (SSSR count). The summed E-state index contributed by atoms with van der Waals surface area (Å²) in [4.78, 5) is 10.3. The standard InChI is InChI=1S/C10H10F6O3/c1-8(2)4(6(8)19-7(17)18)3-5(9(11,12)13)10(14,15)16/h3-4,6H,1-2H3,(H,17,18). The molecule has 0 aromatic rings. The third-order valence-corrected chi connectivity index (χ3v) is 2.99. The van der Waals surface area contributed by atoms with Crippen molar-refractivity contribution in [2.75, 3.05) is 0 Å². The summed E-state index contributed by atoms with van der Waals surface area (Å²) in [6.45, 7) is 2.65. The molecule has 1 saturated carbocycles. The van der Waals surface area contributed by atoms with Crippen LogP contribution in [-0.2, 0) is 4.74 Å². The number of carboxylic acid groups (broad SMARTS) is 1. The predicted octanol–water partition coefficient (Wildman–Crippen LogP) is 3.76. The van der Waals surface area contributed by atoms with E-state index in [1.54, 1.807) is 0 Å². The first kappa shape index (κ1) is 15.6. The monoisotopic (exact) mass is 292 g/mol. The van der Waals surface area contributed by atoms with Gasteiger partial charge in [0.2, 0.25) is 0 Å². The number of hydrogen-bond acceptors (Lipinski definition) is 2. The van der Waals surface area contributed by atoms with Crippen LogP contribution in [0.2, 0.25) is 0 Å². The summed E-state index contributed by atoms with van der Waals surface area (Å²) in [6.07, 6.45) is -14.1. The third kappa shape index (κ3) is 3.32. The van der Waals surface area contributed by atoms with Crippen molar-refractivity contribution in [1.29, 1.82) is 0 Å². The third-order valence-electron chi connectivity index (χ3n) is 2.99. The highest BCUT2D eigenvalue weighted by Crippen LogP contribution is 2.57.